The van der Waals surface area contributed by atoms with Crippen LogP contribution in [-0.4, -0.2) is 0 Å². The Morgan fingerprint density at radius 1 is 1.21 bits per heavy atom. The fourth-order valence-electron chi connectivity index (χ4n) is 1.99. The highest BCUT2D eigenvalue weighted by atomic mass is 79.9. The van der Waals surface area contributed by atoms with E-state index in [1.807, 2.05) is 6.92 Å². The van der Waals surface area contributed by atoms with Gasteiger partial charge in [-0.05, 0) is 64.7 Å². The zero-order valence-corrected chi connectivity index (χ0v) is 13.1. The van der Waals surface area contributed by atoms with Crippen LogP contribution in [0.5, 0.6) is 0 Å². The lowest BCUT2D eigenvalue weighted by Gasteiger charge is -2.13. The highest BCUT2D eigenvalue weighted by molar-refractivity contribution is 9.10. The lowest BCUT2D eigenvalue weighted by atomic mass is 10.1. The van der Waals surface area contributed by atoms with Gasteiger partial charge in [0.15, 0.2) is 0 Å². The molecule has 2 rings (SSSR count). The molecule has 0 bridgehead atoms. The Morgan fingerprint density at radius 2 is 1.95 bits per heavy atom. The van der Waals surface area contributed by atoms with Crippen molar-refractivity contribution in [2.24, 2.45) is 0 Å². The molecule has 4 heteroatoms. The molecule has 0 radical (unpaired) electrons. The van der Waals surface area contributed by atoms with Crippen LogP contribution in [0.1, 0.15) is 16.7 Å². The van der Waals surface area contributed by atoms with E-state index in [2.05, 4.69) is 40.3 Å². The Labute approximate surface area is 125 Å². The molecule has 1 N–H and O–H groups in total. The molecule has 0 aromatic heterocycles. The number of halogens is 3. The largest absolute Gasteiger partial charge is 0.380 e. The van der Waals surface area contributed by atoms with Crippen molar-refractivity contribution in [2.75, 3.05) is 5.32 Å². The summed E-state index contributed by atoms with van der Waals surface area (Å²) < 4.78 is 14.0. The molecule has 0 aliphatic heterocycles. The van der Waals surface area contributed by atoms with Crippen molar-refractivity contribution in [1.29, 1.82) is 0 Å². The molecule has 2 aromatic rings. The first-order valence-electron chi connectivity index (χ1n) is 5.92. The Balaban J connectivity index is 2.19. The molecule has 0 saturated heterocycles. The van der Waals surface area contributed by atoms with Crippen molar-refractivity contribution in [3.05, 3.63) is 62.3 Å². The minimum absolute atomic E-state index is 0.318. The maximum atomic E-state index is 13.0. The summed E-state index contributed by atoms with van der Waals surface area (Å²) in [7, 11) is 0. The molecule has 0 fully saturated rings. The fourth-order valence-corrected chi connectivity index (χ4v) is 3.04. The van der Waals surface area contributed by atoms with Gasteiger partial charge in [0.25, 0.3) is 0 Å². The maximum absolute atomic E-state index is 13.0. The number of hydrogen-bond donors (Lipinski definition) is 1. The first kappa shape index (κ1) is 14.4. The van der Waals surface area contributed by atoms with Crippen LogP contribution >= 0.6 is 27.5 Å². The molecule has 1 nitrogen and oxygen atoms in total. The average Bonchev–Trinajstić information content (AvgIpc) is 2.30. The van der Waals surface area contributed by atoms with Gasteiger partial charge >= 0.3 is 0 Å². The van der Waals surface area contributed by atoms with Crippen molar-refractivity contribution in [1.82, 2.24) is 0 Å². The first-order valence-corrected chi connectivity index (χ1v) is 7.09. The number of anilines is 1. The van der Waals surface area contributed by atoms with Gasteiger partial charge in [-0.25, -0.2) is 4.39 Å². The standard InChI is InChI=1S/C15H14BrClFN/c1-9-5-10(2)15(13(16)6-9)19-8-11-3-4-12(18)7-14(11)17/h3-7,19H,8H2,1-2H3. The zero-order chi connectivity index (χ0) is 14.0. The van der Waals surface area contributed by atoms with Crippen LogP contribution in [-0.2, 0) is 6.54 Å². The monoisotopic (exact) mass is 341 g/mol. The lowest BCUT2D eigenvalue weighted by Crippen LogP contribution is -2.03. The second-order valence-corrected chi connectivity index (χ2v) is 5.79. The van der Waals surface area contributed by atoms with Gasteiger partial charge in [0.1, 0.15) is 5.82 Å². The third kappa shape index (κ3) is 3.48. The van der Waals surface area contributed by atoms with Gasteiger partial charge in [-0.1, -0.05) is 23.7 Å². The van der Waals surface area contributed by atoms with E-state index in [-0.39, 0.29) is 5.82 Å². The molecule has 2 aromatic carbocycles. The Kier molecular flexibility index (Phi) is 4.48. The van der Waals surface area contributed by atoms with E-state index in [1.165, 1.54) is 17.7 Å². The van der Waals surface area contributed by atoms with Crippen molar-refractivity contribution < 1.29 is 4.39 Å². The molecule has 0 spiro atoms. The van der Waals surface area contributed by atoms with Crippen LogP contribution < -0.4 is 5.32 Å². The number of benzene rings is 2. The van der Waals surface area contributed by atoms with Gasteiger partial charge in [-0.2, -0.15) is 0 Å². The van der Waals surface area contributed by atoms with Crippen LogP contribution in [0, 0.1) is 19.7 Å². The zero-order valence-electron chi connectivity index (χ0n) is 10.7. The molecule has 0 aliphatic carbocycles. The molecule has 100 valence electrons. The molecule has 0 atom stereocenters. The second kappa shape index (κ2) is 5.93. The second-order valence-electron chi connectivity index (χ2n) is 4.53. The van der Waals surface area contributed by atoms with E-state index < -0.39 is 0 Å². The van der Waals surface area contributed by atoms with Gasteiger partial charge in [-0.3, -0.25) is 0 Å². The highest BCUT2D eigenvalue weighted by Crippen LogP contribution is 2.29. The number of nitrogens with one attached hydrogen (secondary N) is 1. The van der Waals surface area contributed by atoms with Crippen LogP contribution in [0.2, 0.25) is 5.02 Å². The van der Waals surface area contributed by atoms with Gasteiger partial charge in [-0.15, -0.1) is 0 Å². The van der Waals surface area contributed by atoms with Gasteiger partial charge in [0.2, 0.25) is 0 Å². The van der Waals surface area contributed by atoms with Crippen molar-refractivity contribution >= 4 is 33.2 Å². The predicted molar refractivity (Wildman–Crippen MR) is 82.4 cm³/mol. The quantitative estimate of drug-likeness (QED) is 0.780. The van der Waals surface area contributed by atoms with Crippen LogP contribution in [0.4, 0.5) is 10.1 Å². The number of rotatable bonds is 3. The van der Waals surface area contributed by atoms with E-state index in [0.717, 1.165) is 21.3 Å². The highest BCUT2D eigenvalue weighted by Gasteiger charge is 2.06. The molecule has 0 saturated carbocycles. The van der Waals surface area contributed by atoms with Crippen molar-refractivity contribution in [3.63, 3.8) is 0 Å². The minimum atomic E-state index is -0.318. The summed E-state index contributed by atoms with van der Waals surface area (Å²) in [6.07, 6.45) is 0. The topological polar surface area (TPSA) is 12.0 Å². The van der Waals surface area contributed by atoms with E-state index in [4.69, 9.17) is 11.6 Å². The van der Waals surface area contributed by atoms with Crippen LogP contribution in [0.25, 0.3) is 0 Å². The lowest BCUT2D eigenvalue weighted by molar-refractivity contribution is 0.627. The predicted octanol–water partition coefficient (Wildman–Crippen LogP) is 5.47. The molecule has 0 heterocycles. The van der Waals surface area contributed by atoms with Crippen molar-refractivity contribution in [3.8, 4) is 0 Å². The van der Waals surface area contributed by atoms with Crippen molar-refractivity contribution in [2.45, 2.75) is 20.4 Å². The Hall–Kier alpha value is -1.06. The maximum Gasteiger partial charge on any atom is 0.124 e. The van der Waals surface area contributed by atoms with Crippen LogP contribution in [0.15, 0.2) is 34.8 Å². The average molecular weight is 343 g/mol. The summed E-state index contributed by atoms with van der Waals surface area (Å²) in [5.41, 5.74) is 4.26. The molecule has 19 heavy (non-hydrogen) atoms. The summed E-state index contributed by atoms with van der Waals surface area (Å²) in [6, 6.07) is 8.61. The fraction of sp³-hybridized carbons (Fsp3) is 0.200. The summed E-state index contributed by atoms with van der Waals surface area (Å²) in [5, 5.41) is 3.77. The third-order valence-corrected chi connectivity index (χ3v) is 3.88. The summed E-state index contributed by atoms with van der Waals surface area (Å²) in [4.78, 5) is 0. The van der Waals surface area contributed by atoms with E-state index in [0.29, 0.717) is 11.6 Å². The Morgan fingerprint density at radius 3 is 2.58 bits per heavy atom. The Bertz CT molecular complexity index is 590. The summed E-state index contributed by atoms with van der Waals surface area (Å²) >= 11 is 9.55. The van der Waals surface area contributed by atoms with E-state index in [9.17, 15) is 4.39 Å². The third-order valence-electron chi connectivity index (χ3n) is 2.90. The molecule has 0 aliphatic rings. The number of hydrogen-bond acceptors (Lipinski definition) is 1. The summed E-state index contributed by atoms with van der Waals surface area (Å²) in [5.74, 6) is -0.318. The van der Waals surface area contributed by atoms with Gasteiger partial charge in [0.05, 0.1) is 5.69 Å². The SMILES string of the molecule is Cc1cc(C)c(NCc2ccc(F)cc2Cl)c(Br)c1. The normalized spacial score (nSPS) is 10.6. The van der Waals surface area contributed by atoms with Gasteiger partial charge < -0.3 is 5.32 Å². The smallest absolute Gasteiger partial charge is 0.124 e. The molecule has 0 amide bonds. The number of aryl methyl sites for hydroxylation is 2. The minimum Gasteiger partial charge on any atom is -0.380 e. The van der Waals surface area contributed by atoms with Gasteiger partial charge in [0, 0.05) is 16.0 Å². The first-order chi connectivity index (χ1) is 8.97. The van der Waals surface area contributed by atoms with E-state index in [1.54, 1.807) is 6.07 Å². The molecule has 0 unspecified atom stereocenters. The van der Waals surface area contributed by atoms with Crippen LogP contribution in [0.3, 0.4) is 0 Å². The molecular weight excluding hydrogens is 329 g/mol. The summed E-state index contributed by atoms with van der Waals surface area (Å²) in [6.45, 7) is 4.66. The molecular formula is C15H14BrClFN. The van der Waals surface area contributed by atoms with E-state index >= 15 is 0 Å².